The number of anilines is 1. The fourth-order valence-corrected chi connectivity index (χ4v) is 1.06. The summed E-state index contributed by atoms with van der Waals surface area (Å²) in [5.41, 5.74) is 0.273. The number of rotatable bonds is 3. The Morgan fingerprint density at radius 3 is 3.07 bits per heavy atom. The zero-order valence-electron chi connectivity index (χ0n) is 7.11. The summed E-state index contributed by atoms with van der Waals surface area (Å²) in [4.78, 5) is 17.1. The average Bonchev–Trinajstić information content (AvgIpc) is 2.61. The number of fused-ring (bicyclic) bond motifs is 1. The Balaban J connectivity index is 2.50. The van der Waals surface area contributed by atoms with E-state index in [4.69, 9.17) is 5.11 Å². The van der Waals surface area contributed by atoms with Gasteiger partial charge in [0, 0.05) is 6.54 Å². The van der Waals surface area contributed by atoms with E-state index in [2.05, 4.69) is 30.7 Å². The predicted octanol–water partition coefficient (Wildman–Crippen LogP) is -1.55. The normalized spacial score (nSPS) is 10.6. The van der Waals surface area contributed by atoms with E-state index in [0.717, 1.165) is 0 Å². The average molecular weight is 196 g/mol. The minimum atomic E-state index is -0.508. The molecule has 0 bridgehead atoms. The summed E-state index contributed by atoms with van der Waals surface area (Å²) >= 11 is 0. The Bertz CT molecular complexity index is 488. The maximum atomic E-state index is 11.0. The first kappa shape index (κ1) is 8.63. The number of hydrogen-bond acceptors (Lipinski definition) is 6. The Kier molecular flexibility index (Phi) is 2.11. The predicted molar refractivity (Wildman–Crippen MR) is 47.9 cm³/mol. The third-order valence-corrected chi connectivity index (χ3v) is 1.62. The van der Waals surface area contributed by atoms with E-state index >= 15 is 0 Å². The Morgan fingerprint density at radius 2 is 2.29 bits per heavy atom. The van der Waals surface area contributed by atoms with Crippen LogP contribution in [0.15, 0.2) is 4.79 Å². The SMILES string of the molecule is O=c1nc(NCCO)c2n[nH]nc2[nH]1. The third kappa shape index (κ3) is 1.42. The minimum Gasteiger partial charge on any atom is -0.395 e. The van der Waals surface area contributed by atoms with Crippen molar-refractivity contribution in [2.45, 2.75) is 0 Å². The number of aromatic nitrogens is 5. The van der Waals surface area contributed by atoms with Gasteiger partial charge in [0.05, 0.1) is 6.61 Å². The highest BCUT2D eigenvalue weighted by Gasteiger charge is 2.07. The van der Waals surface area contributed by atoms with Crippen LogP contribution in [-0.4, -0.2) is 43.6 Å². The molecule has 8 nitrogen and oxygen atoms in total. The molecule has 0 saturated carbocycles. The van der Waals surface area contributed by atoms with Gasteiger partial charge in [-0.2, -0.15) is 15.3 Å². The van der Waals surface area contributed by atoms with Gasteiger partial charge in [-0.25, -0.2) is 4.79 Å². The summed E-state index contributed by atoms with van der Waals surface area (Å²) in [5.74, 6) is 0.312. The van der Waals surface area contributed by atoms with Crippen LogP contribution in [0.2, 0.25) is 0 Å². The molecule has 8 heteroatoms. The van der Waals surface area contributed by atoms with Crippen LogP contribution in [0.1, 0.15) is 0 Å². The smallest absolute Gasteiger partial charge is 0.348 e. The van der Waals surface area contributed by atoms with Gasteiger partial charge in [0.25, 0.3) is 0 Å². The number of aliphatic hydroxyl groups is 1. The molecule has 0 atom stereocenters. The molecule has 0 aliphatic rings. The molecule has 2 heterocycles. The van der Waals surface area contributed by atoms with Gasteiger partial charge in [-0.05, 0) is 0 Å². The lowest BCUT2D eigenvalue weighted by atomic mass is 10.5. The van der Waals surface area contributed by atoms with Crippen LogP contribution >= 0.6 is 0 Å². The van der Waals surface area contributed by atoms with Crippen molar-refractivity contribution in [3.05, 3.63) is 10.5 Å². The van der Waals surface area contributed by atoms with E-state index in [1.807, 2.05) is 0 Å². The highest BCUT2D eigenvalue weighted by atomic mass is 16.3. The summed E-state index contributed by atoms with van der Waals surface area (Å²) < 4.78 is 0. The highest BCUT2D eigenvalue weighted by Crippen LogP contribution is 2.10. The molecule has 0 aliphatic heterocycles. The Hall–Kier alpha value is -1.96. The fraction of sp³-hybridized carbons (Fsp3) is 0.333. The van der Waals surface area contributed by atoms with Crippen molar-refractivity contribution in [1.82, 2.24) is 25.4 Å². The summed E-state index contributed by atoms with van der Waals surface area (Å²) in [7, 11) is 0. The molecule has 14 heavy (non-hydrogen) atoms. The summed E-state index contributed by atoms with van der Waals surface area (Å²) in [6.07, 6.45) is 0. The second kappa shape index (κ2) is 3.42. The maximum Gasteiger partial charge on any atom is 0.348 e. The van der Waals surface area contributed by atoms with E-state index in [1.54, 1.807) is 0 Å². The van der Waals surface area contributed by atoms with Gasteiger partial charge in [0.2, 0.25) is 0 Å². The zero-order chi connectivity index (χ0) is 9.97. The van der Waals surface area contributed by atoms with Crippen LogP contribution in [0, 0.1) is 0 Å². The largest absolute Gasteiger partial charge is 0.395 e. The second-order valence-corrected chi connectivity index (χ2v) is 2.56. The summed E-state index contributed by atoms with van der Waals surface area (Å²) in [6.45, 7) is 0.256. The minimum absolute atomic E-state index is 0.0478. The summed E-state index contributed by atoms with van der Waals surface area (Å²) in [5, 5.41) is 21.2. The van der Waals surface area contributed by atoms with Gasteiger partial charge in [0.1, 0.15) is 0 Å². The first-order valence-corrected chi connectivity index (χ1v) is 3.97. The number of nitrogens with zero attached hydrogens (tertiary/aromatic N) is 3. The molecule has 0 amide bonds. The van der Waals surface area contributed by atoms with E-state index in [9.17, 15) is 4.79 Å². The molecule has 0 fully saturated rings. The molecular formula is C6H8N6O2. The van der Waals surface area contributed by atoms with Crippen molar-refractivity contribution >= 4 is 17.0 Å². The number of nitrogens with one attached hydrogen (secondary N) is 3. The van der Waals surface area contributed by atoms with Gasteiger partial charge in [-0.3, -0.25) is 4.98 Å². The Labute approximate surface area is 77.4 Å². The van der Waals surface area contributed by atoms with E-state index in [1.165, 1.54) is 0 Å². The fourth-order valence-electron chi connectivity index (χ4n) is 1.06. The van der Waals surface area contributed by atoms with Crippen LogP contribution < -0.4 is 11.0 Å². The topological polar surface area (TPSA) is 120 Å². The van der Waals surface area contributed by atoms with Crippen LogP contribution in [0.25, 0.3) is 11.2 Å². The monoisotopic (exact) mass is 196 g/mol. The van der Waals surface area contributed by atoms with Gasteiger partial charge in [-0.15, -0.1) is 5.10 Å². The van der Waals surface area contributed by atoms with Crippen molar-refractivity contribution in [1.29, 1.82) is 0 Å². The van der Waals surface area contributed by atoms with Crippen LogP contribution in [-0.2, 0) is 0 Å². The molecular weight excluding hydrogens is 188 g/mol. The third-order valence-electron chi connectivity index (χ3n) is 1.62. The molecule has 0 aromatic carbocycles. The number of H-pyrrole nitrogens is 2. The number of hydrogen-bond donors (Lipinski definition) is 4. The molecule has 0 unspecified atom stereocenters. The molecule has 2 aromatic heterocycles. The molecule has 74 valence electrons. The molecule has 2 rings (SSSR count). The van der Waals surface area contributed by atoms with Crippen molar-refractivity contribution in [3.8, 4) is 0 Å². The molecule has 2 aromatic rings. The molecule has 0 aliphatic carbocycles. The number of aliphatic hydroxyl groups excluding tert-OH is 1. The molecule has 0 saturated heterocycles. The standard InChI is InChI=1S/C6H8N6O2/c13-2-1-7-4-3-5(11-12-10-3)9-6(14)8-4/h13H,1-2H2,(H3,7,8,9,10,11,12,14). The van der Waals surface area contributed by atoms with E-state index < -0.39 is 5.69 Å². The maximum absolute atomic E-state index is 11.0. The van der Waals surface area contributed by atoms with E-state index in [-0.39, 0.29) is 6.61 Å². The summed E-state index contributed by atoms with van der Waals surface area (Å²) in [6, 6.07) is 0. The van der Waals surface area contributed by atoms with E-state index in [0.29, 0.717) is 23.5 Å². The van der Waals surface area contributed by atoms with Crippen molar-refractivity contribution < 1.29 is 5.11 Å². The quantitative estimate of drug-likeness (QED) is 0.471. The highest BCUT2D eigenvalue weighted by molar-refractivity contribution is 5.81. The Morgan fingerprint density at radius 1 is 1.43 bits per heavy atom. The lowest BCUT2D eigenvalue weighted by Gasteiger charge is -2.01. The van der Waals surface area contributed by atoms with Crippen molar-refractivity contribution in [2.24, 2.45) is 0 Å². The van der Waals surface area contributed by atoms with Gasteiger partial charge < -0.3 is 10.4 Å². The first-order valence-electron chi connectivity index (χ1n) is 3.97. The van der Waals surface area contributed by atoms with Crippen LogP contribution in [0.5, 0.6) is 0 Å². The molecule has 0 spiro atoms. The van der Waals surface area contributed by atoms with Crippen LogP contribution in [0.4, 0.5) is 5.82 Å². The lowest BCUT2D eigenvalue weighted by Crippen LogP contribution is -2.15. The van der Waals surface area contributed by atoms with Gasteiger partial charge in [-0.1, -0.05) is 0 Å². The number of aromatic amines is 2. The second-order valence-electron chi connectivity index (χ2n) is 2.56. The van der Waals surface area contributed by atoms with Crippen LogP contribution in [0.3, 0.4) is 0 Å². The molecule has 0 radical (unpaired) electrons. The lowest BCUT2D eigenvalue weighted by molar-refractivity contribution is 0.311. The molecule has 4 N–H and O–H groups in total. The first-order chi connectivity index (χ1) is 6.81. The van der Waals surface area contributed by atoms with Gasteiger partial charge in [0.15, 0.2) is 17.0 Å². The van der Waals surface area contributed by atoms with Gasteiger partial charge >= 0.3 is 5.69 Å². The van der Waals surface area contributed by atoms with Crippen molar-refractivity contribution in [2.75, 3.05) is 18.5 Å². The van der Waals surface area contributed by atoms with Crippen molar-refractivity contribution in [3.63, 3.8) is 0 Å². The zero-order valence-corrected chi connectivity index (χ0v) is 7.11.